The largest absolute Gasteiger partial charge is 0.235 e. The zero-order valence-electron chi connectivity index (χ0n) is 8.03. The van der Waals surface area contributed by atoms with Gasteiger partial charge in [-0.1, -0.05) is 28.1 Å². The summed E-state index contributed by atoms with van der Waals surface area (Å²) < 4.78 is 1.08. The van der Waals surface area contributed by atoms with Crippen molar-refractivity contribution >= 4 is 22.0 Å². The Kier molecular flexibility index (Phi) is 4.57. The highest BCUT2D eigenvalue weighted by Gasteiger charge is 1.99. The molecule has 1 aromatic rings. The van der Waals surface area contributed by atoms with Gasteiger partial charge in [0.2, 0.25) is 6.08 Å². The van der Waals surface area contributed by atoms with Crippen molar-refractivity contribution < 1.29 is 4.79 Å². The highest BCUT2D eigenvalue weighted by atomic mass is 79.9. The number of benzene rings is 1. The van der Waals surface area contributed by atoms with Crippen LogP contribution in [0.1, 0.15) is 18.9 Å². The third-order valence-electron chi connectivity index (χ3n) is 2.04. The number of isocyanates is 1. The number of aliphatic imine (C=N–C) groups is 1. The summed E-state index contributed by atoms with van der Waals surface area (Å²) in [5.74, 6) is 0. The maximum Gasteiger partial charge on any atom is 0.235 e. The first-order valence-corrected chi connectivity index (χ1v) is 5.33. The molecule has 14 heavy (non-hydrogen) atoms. The van der Waals surface area contributed by atoms with E-state index in [4.69, 9.17) is 0 Å². The Bertz CT molecular complexity index is 328. The second-order valence-electron chi connectivity index (χ2n) is 3.23. The van der Waals surface area contributed by atoms with E-state index >= 15 is 0 Å². The lowest BCUT2D eigenvalue weighted by molar-refractivity contribution is 0.555. The molecule has 0 saturated heterocycles. The van der Waals surface area contributed by atoms with Crippen LogP contribution in [0.4, 0.5) is 0 Å². The topological polar surface area (TPSA) is 29.4 Å². The molecule has 0 spiro atoms. The first-order chi connectivity index (χ1) is 6.72. The number of carbonyl (C=O) groups excluding carboxylic acids is 1. The second kappa shape index (κ2) is 5.74. The highest BCUT2D eigenvalue weighted by molar-refractivity contribution is 9.10. The van der Waals surface area contributed by atoms with Gasteiger partial charge in [-0.25, -0.2) is 9.79 Å². The van der Waals surface area contributed by atoms with Gasteiger partial charge in [0.1, 0.15) is 0 Å². The van der Waals surface area contributed by atoms with E-state index in [2.05, 4.69) is 33.1 Å². The van der Waals surface area contributed by atoms with Crippen molar-refractivity contribution in [3.63, 3.8) is 0 Å². The third-order valence-corrected chi connectivity index (χ3v) is 2.57. The van der Waals surface area contributed by atoms with E-state index < -0.39 is 0 Å². The fourth-order valence-electron chi connectivity index (χ4n) is 1.18. The quantitative estimate of drug-likeness (QED) is 0.599. The van der Waals surface area contributed by atoms with Crippen molar-refractivity contribution in [3.8, 4) is 0 Å². The van der Waals surface area contributed by atoms with Crippen molar-refractivity contribution in [1.82, 2.24) is 0 Å². The summed E-state index contributed by atoms with van der Waals surface area (Å²) >= 11 is 3.38. The molecule has 1 rings (SSSR count). The van der Waals surface area contributed by atoms with E-state index in [1.165, 1.54) is 5.56 Å². The normalized spacial score (nSPS) is 11.9. The lowest BCUT2D eigenvalue weighted by atomic mass is 10.1. The molecule has 0 aliphatic rings. The van der Waals surface area contributed by atoms with Gasteiger partial charge in [0.25, 0.3) is 0 Å². The van der Waals surface area contributed by atoms with Crippen LogP contribution in [0.3, 0.4) is 0 Å². The molecule has 3 heteroatoms. The van der Waals surface area contributed by atoms with Gasteiger partial charge in [-0.2, -0.15) is 0 Å². The summed E-state index contributed by atoms with van der Waals surface area (Å²) in [6.07, 6.45) is 3.41. The Morgan fingerprint density at radius 3 is 2.64 bits per heavy atom. The minimum Gasteiger partial charge on any atom is -0.211 e. The Hall–Kier alpha value is -0.920. The first kappa shape index (κ1) is 11.2. The summed E-state index contributed by atoms with van der Waals surface area (Å²) in [4.78, 5) is 13.6. The average Bonchev–Trinajstić information content (AvgIpc) is 2.17. The van der Waals surface area contributed by atoms with Crippen LogP contribution in [0.15, 0.2) is 33.7 Å². The van der Waals surface area contributed by atoms with Crippen LogP contribution in [0.5, 0.6) is 0 Å². The van der Waals surface area contributed by atoms with Gasteiger partial charge in [0.05, 0.1) is 6.04 Å². The zero-order chi connectivity index (χ0) is 10.4. The molecule has 0 saturated carbocycles. The SMILES string of the molecule is CC(CCc1ccc(Br)cc1)N=C=O. The molecule has 0 aliphatic carbocycles. The molecule has 74 valence electrons. The molecule has 0 bridgehead atoms. The molecule has 0 aliphatic heterocycles. The van der Waals surface area contributed by atoms with E-state index in [9.17, 15) is 4.79 Å². The van der Waals surface area contributed by atoms with Crippen LogP contribution in [-0.2, 0) is 11.2 Å². The second-order valence-corrected chi connectivity index (χ2v) is 4.15. The predicted octanol–water partition coefficient (Wildman–Crippen LogP) is 3.11. The first-order valence-electron chi connectivity index (χ1n) is 4.54. The van der Waals surface area contributed by atoms with Crippen molar-refractivity contribution in [2.75, 3.05) is 0 Å². The molecule has 2 nitrogen and oxygen atoms in total. The van der Waals surface area contributed by atoms with Crippen LogP contribution in [0.2, 0.25) is 0 Å². The Labute approximate surface area is 92.2 Å². The van der Waals surface area contributed by atoms with Gasteiger partial charge < -0.3 is 0 Å². The van der Waals surface area contributed by atoms with E-state index in [0.29, 0.717) is 0 Å². The number of hydrogen-bond donors (Lipinski definition) is 0. The molecule has 0 heterocycles. The fraction of sp³-hybridized carbons (Fsp3) is 0.364. The van der Waals surface area contributed by atoms with Gasteiger partial charge >= 0.3 is 0 Å². The van der Waals surface area contributed by atoms with Crippen LogP contribution < -0.4 is 0 Å². The number of aryl methyl sites for hydroxylation is 1. The van der Waals surface area contributed by atoms with Crippen LogP contribution >= 0.6 is 15.9 Å². The maximum atomic E-state index is 9.97. The smallest absolute Gasteiger partial charge is 0.211 e. The molecule has 1 atom stereocenters. The number of nitrogens with zero attached hydrogens (tertiary/aromatic N) is 1. The molecule has 0 fully saturated rings. The summed E-state index contributed by atoms with van der Waals surface area (Å²) in [5.41, 5.74) is 1.26. The molecule has 1 aromatic carbocycles. The Morgan fingerprint density at radius 1 is 1.43 bits per heavy atom. The van der Waals surface area contributed by atoms with E-state index in [-0.39, 0.29) is 6.04 Å². The van der Waals surface area contributed by atoms with Gasteiger partial charge in [-0.3, -0.25) is 0 Å². The minimum absolute atomic E-state index is 0.0659. The van der Waals surface area contributed by atoms with Gasteiger partial charge in [-0.15, -0.1) is 0 Å². The molecule has 0 N–H and O–H groups in total. The van der Waals surface area contributed by atoms with Gasteiger partial charge in [0.15, 0.2) is 0 Å². The predicted molar refractivity (Wildman–Crippen MR) is 60.0 cm³/mol. The van der Waals surface area contributed by atoms with Crippen LogP contribution in [0, 0.1) is 0 Å². The van der Waals surface area contributed by atoms with Crippen molar-refractivity contribution in [3.05, 3.63) is 34.3 Å². The monoisotopic (exact) mass is 253 g/mol. The fourth-order valence-corrected chi connectivity index (χ4v) is 1.45. The highest BCUT2D eigenvalue weighted by Crippen LogP contribution is 2.12. The zero-order valence-corrected chi connectivity index (χ0v) is 9.62. The van der Waals surface area contributed by atoms with Gasteiger partial charge in [0, 0.05) is 4.47 Å². The summed E-state index contributed by atoms with van der Waals surface area (Å²) in [7, 11) is 0. The number of rotatable bonds is 4. The average molecular weight is 254 g/mol. The maximum absolute atomic E-state index is 9.97. The standard InChI is InChI=1S/C11H12BrNO/c1-9(13-8-14)2-3-10-4-6-11(12)7-5-10/h4-7,9H,2-3H2,1H3. The lowest BCUT2D eigenvalue weighted by Gasteiger charge is -2.03. The van der Waals surface area contributed by atoms with Crippen LogP contribution in [-0.4, -0.2) is 12.1 Å². The summed E-state index contributed by atoms with van der Waals surface area (Å²) in [6, 6.07) is 8.24. The molecule has 0 aromatic heterocycles. The molecular formula is C11H12BrNO. The van der Waals surface area contributed by atoms with E-state index in [0.717, 1.165) is 17.3 Å². The van der Waals surface area contributed by atoms with Crippen molar-refractivity contribution in [1.29, 1.82) is 0 Å². The summed E-state index contributed by atoms with van der Waals surface area (Å²) in [5, 5.41) is 0. The summed E-state index contributed by atoms with van der Waals surface area (Å²) in [6.45, 7) is 1.92. The van der Waals surface area contributed by atoms with Crippen LogP contribution in [0.25, 0.3) is 0 Å². The van der Waals surface area contributed by atoms with Crippen molar-refractivity contribution in [2.45, 2.75) is 25.8 Å². The van der Waals surface area contributed by atoms with Crippen molar-refractivity contribution in [2.24, 2.45) is 4.99 Å². The third kappa shape index (κ3) is 3.86. The number of halogens is 1. The molecule has 0 radical (unpaired) electrons. The molecule has 0 amide bonds. The van der Waals surface area contributed by atoms with Gasteiger partial charge in [-0.05, 0) is 37.5 Å². The molecular weight excluding hydrogens is 242 g/mol. The molecule has 1 unspecified atom stereocenters. The van der Waals surface area contributed by atoms with E-state index in [1.54, 1.807) is 6.08 Å². The minimum atomic E-state index is 0.0659. The van der Waals surface area contributed by atoms with E-state index in [1.807, 2.05) is 19.1 Å². The lowest BCUT2D eigenvalue weighted by Crippen LogP contribution is -1.99. The Balaban J connectivity index is 2.45. The Morgan fingerprint density at radius 2 is 2.07 bits per heavy atom. The number of hydrogen-bond acceptors (Lipinski definition) is 2.